The number of rotatable bonds is 5. The summed E-state index contributed by atoms with van der Waals surface area (Å²) in [7, 11) is -3.53. The van der Waals surface area contributed by atoms with E-state index in [2.05, 4.69) is 10.3 Å². The molecule has 4 aromatic rings. The minimum absolute atomic E-state index is 0.0792. The van der Waals surface area contributed by atoms with Gasteiger partial charge in [0, 0.05) is 11.8 Å². The topological polar surface area (TPSA) is 89.3 Å². The highest BCUT2D eigenvalue weighted by atomic mass is 35.5. The van der Waals surface area contributed by atoms with Crippen molar-refractivity contribution in [2.75, 3.05) is 6.26 Å². The molecule has 0 spiro atoms. The SMILES string of the molecule is CS(=O)(=O)c1cc(C(=O)NCc2ccc(-c3nc4ccccc4s3)o2)ccc1Cl. The Balaban J connectivity index is 1.48. The van der Waals surface area contributed by atoms with Crippen molar-refractivity contribution >= 4 is 48.9 Å². The Morgan fingerprint density at radius 3 is 2.72 bits per heavy atom. The van der Waals surface area contributed by atoms with Gasteiger partial charge in [-0.1, -0.05) is 23.7 Å². The molecule has 0 fully saturated rings. The summed E-state index contributed by atoms with van der Waals surface area (Å²) in [5, 5.41) is 3.56. The fraction of sp³-hybridized carbons (Fsp3) is 0.100. The van der Waals surface area contributed by atoms with E-state index < -0.39 is 15.7 Å². The number of hydrogen-bond donors (Lipinski definition) is 1. The number of halogens is 1. The highest BCUT2D eigenvalue weighted by molar-refractivity contribution is 7.90. The molecule has 29 heavy (non-hydrogen) atoms. The fourth-order valence-electron chi connectivity index (χ4n) is 2.76. The molecule has 4 rings (SSSR count). The molecule has 148 valence electrons. The van der Waals surface area contributed by atoms with Crippen LogP contribution in [0.4, 0.5) is 0 Å². The van der Waals surface area contributed by atoms with Gasteiger partial charge >= 0.3 is 0 Å². The molecule has 9 heteroatoms. The van der Waals surface area contributed by atoms with Crippen molar-refractivity contribution in [2.45, 2.75) is 11.4 Å². The molecule has 0 saturated heterocycles. The average Bonchev–Trinajstić information content (AvgIpc) is 3.32. The summed E-state index contributed by atoms with van der Waals surface area (Å²) in [6, 6.07) is 15.5. The summed E-state index contributed by atoms with van der Waals surface area (Å²) in [4.78, 5) is 16.9. The Kier molecular flexibility index (Phi) is 5.16. The predicted octanol–water partition coefficient (Wildman–Crippen LogP) is 4.54. The number of para-hydroxylation sites is 1. The quantitative estimate of drug-likeness (QED) is 0.486. The van der Waals surface area contributed by atoms with Gasteiger partial charge in [-0.3, -0.25) is 4.79 Å². The van der Waals surface area contributed by atoms with Gasteiger partial charge in [-0.15, -0.1) is 11.3 Å². The molecular weight excluding hydrogens is 432 g/mol. The van der Waals surface area contributed by atoms with Crippen molar-refractivity contribution in [2.24, 2.45) is 0 Å². The third-order valence-corrected chi connectivity index (χ3v) is 6.81. The number of furan rings is 1. The van der Waals surface area contributed by atoms with Crippen LogP contribution in [-0.4, -0.2) is 25.6 Å². The second-order valence-electron chi connectivity index (χ2n) is 6.35. The Morgan fingerprint density at radius 2 is 1.97 bits per heavy atom. The number of amides is 1. The molecule has 6 nitrogen and oxygen atoms in total. The number of carbonyl (C=O) groups is 1. The van der Waals surface area contributed by atoms with Crippen LogP contribution in [0.3, 0.4) is 0 Å². The number of fused-ring (bicyclic) bond motifs is 1. The van der Waals surface area contributed by atoms with Crippen LogP contribution in [-0.2, 0) is 16.4 Å². The molecule has 0 aliphatic carbocycles. The van der Waals surface area contributed by atoms with E-state index in [0.29, 0.717) is 11.5 Å². The molecule has 0 bridgehead atoms. The van der Waals surface area contributed by atoms with Crippen LogP contribution >= 0.6 is 22.9 Å². The molecule has 0 radical (unpaired) electrons. The summed E-state index contributed by atoms with van der Waals surface area (Å²) >= 11 is 7.45. The van der Waals surface area contributed by atoms with Crippen molar-refractivity contribution in [1.29, 1.82) is 0 Å². The van der Waals surface area contributed by atoms with Crippen molar-refractivity contribution < 1.29 is 17.6 Å². The van der Waals surface area contributed by atoms with Gasteiger partial charge in [0.1, 0.15) is 5.76 Å². The van der Waals surface area contributed by atoms with Gasteiger partial charge in [-0.25, -0.2) is 13.4 Å². The zero-order valence-electron chi connectivity index (χ0n) is 15.2. The average molecular weight is 447 g/mol. The van der Waals surface area contributed by atoms with Crippen LogP contribution in [0.25, 0.3) is 21.0 Å². The van der Waals surface area contributed by atoms with Gasteiger partial charge in [0.05, 0.1) is 26.7 Å². The van der Waals surface area contributed by atoms with Gasteiger partial charge in [-0.2, -0.15) is 0 Å². The first-order chi connectivity index (χ1) is 13.8. The highest BCUT2D eigenvalue weighted by Crippen LogP contribution is 2.31. The largest absolute Gasteiger partial charge is 0.457 e. The molecular formula is C20H15ClN2O4S2. The normalized spacial score (nSPS) is 11.7. The number of sulfone groups is 1. The Labute approximate surface area is 176 Å². The molecule has 1 amide bonds. The maximum atomic E-state index is 12.4. The first-order valence-corrected chi connectivity index (χ1v) is 11.6. The van der Waals surface area contributed by atoms with E-state index in [4.69, 9.17) is 16.0 Å². The summed E-state index contributed by atoms with van der Waals surface area (Å²) in [5.41, 5.74) is 1.11. The number of nitrogens with zero attached hydrogens (tertiary/aromatic N) is 1. The Hall–Kier alpha value is -2.68. The summed E-state index contributed by atoms with van der Waals surface area (Å²) in [6.45, 7) is 0.153. The van der Waals surface area contributed by atoms with Gasteiger partial charge in [0.15, 0.2) is 20.6 Å². The van der Waals surface area contributed by atoms with E-state index in [1.165, 1.54) is 29.5 Å². The van der Waals surface area contributed by atoms with Crippen molar-refractivity contribution in [1.82, 2.24) is 10.3 Å². The lowest BCUT2D eigenvalue weighted by Gasteiger charge is -2.07. The van der Waals surface area contributed by atoms with Gasteiger partial charge in [0.25, 0.3) is 5.91 Å². The van der Waals surface area contributed by atoms with E-state index in [1.54, 1.807) is 6.07 Å². The molecule has 2 heterocycles. The summed E-state index contributed by atoms with van der Waals surface area (Å²) in [5.74, 6) is 0.760. The van der Waals surface area contributed by atoms with E-state index in [0.717, 1.165) is 21.5 Å². The lowest BCUT2D eigenvalue weighted by Crippen LogP contribution is -2.22. The molecule has 0 aliphatic rings. The maximum Gasteiger partial charge on any atom is 0.251 e. The summed E-state index contributed by atoms with van der Waals surface area (Å²) in [6.07, 6.45) is 1.04. The first-order valence-electron chi connectivity index (χ1n) is 8.54. The van der Waals surface area contributed by atoms with Crippen LogP contribution in [0, 0.1) is 0 Å². The minimum Gasteiger partial charge on any atom is -0.457 e. The molecule has 0 aliphatic heterocycles. The van der Waals surface area contributed by atoms with Crippen LogP contribution in [0.5, 0.6) is 0 Å². The lowest BCUT2D eigenvalue weighted by atomic mass is 10.2. The fourth-order valence-corrected chi connectivity index (χ4v) is 4.99. The van der Waals surface area contributed by atoms with Gasteiger partial charge in [0.2, 0.25) is 0 Å². The van der Waals surface area contributed by atoms with E-state index in [9.17, 15) is 13.2 Å². The third kappa shape index (κ3) is 4.19. The standard InChI is InChI=1S/C20H15ClN2O4S2/c1-29(25,26)18-10-12(6-8-14(18)21)19(24)22-11-13-7-9-16(27-13)20-23-15-4-2-3-5-17(15)28-20/h2-10H,11H2,1H3,(H,22,24). The summed E-state index contributed by atoms with van der Waals surface area (Å²) < 4.78 is 30.4. The molecule has 2 aromatic heterocycles. The second-order valence-corrected chi connectivity index (χ2v) is 9.77. The second kappa shape index (κ2) is 7.62. The first kappa shape index (κ1) is 19.6. The number of nitrogens with one attached hydrogen (secondary N) is 1. The van der Waals surface area contributed by atoms with Gasteiger partial charge < -0.3 is 9.73 Å². The Morgan fingerprint density at radius 1 is 1.17 bits per heavy atom. The smallest absolute Gasteiger partial charge is 0.251 e. The maximum absolute atomic E-state index is 12.4. The van der Waals surface area contributed by atoms with Crippen molar-refractivity contribution in [3.8, 4) is 10.8 Å². The zero-order valence-corrected chi connectivity index (χ0v) is 17.6. The Bertz CT molecular complexity index is 1290. The number of benzene rings is 2. The van der Waals surface area contributed by atoms with Crippen LogP contribution in [0.1, 0.15) is 16.1 Å². The monoisotopic (exact) mass is 446 g/mol. The zero-order chi connectivity index (χ0) is 20.6. The number of carbonyl (C=O) groups excluding carboxylic acids is 1. The van der Waals surface area contributed by atoms with E-state index >= 15 is 0 Å². The minimum atomic E-state index is -3.53. The van der Waals surface area contributed by atoms with Crippen molar-refractivity contribution in [3.63, 3.8) is 0 Å². The van der Waals surface area contributed by atoms with Crippen molar-refractivity contribution in [3.05, 3.63) is 70.9 Å². The number of thiazole rings is 1. The molecule has 2 aromatic carbocycles. The van der Waals surface area contributed by atoms with Crippen LogP contribution in [0.15, 0.2) is 63.9 Å². The lowest BCUT2D eigenvalue weighted by molar-refractivity contribution is 0.0948. The third-order valence-electron chi connectivity index (χ3n) is 4.18. The van der Waals surface area contributed by atoms with Crippen LogP contribution < -0.4 is 5.32 Å². The van der Waals surface area contributed by atoms with E-state index in [1.807, 2.05) is 30.3 Å². The molecule has 0 unspecified atom stereocenters. The van der Waals surface area contributed by atoms with Gasteiger partial charge in [-0.05, 0) is 42.5 Å². The molecule has 0 saturated carbocycles. The number of aromatic nitrogens is 1. The molecule has 0 atom stereocenters. The highest BCUT2D eigenvalue weighted by Gasteiger charge is 2.16. The molecule has 1 N–H and O–H groups in total. The van der Waals surface area contributed by atoms with Crippen LogP contribution in [0.2, 0.25) is 5.02 Å². The predicted molar refractivity (Wildman–Crippen MR) is 113 cm³/mol. The van der Waals surface area contributed by atoms with E-state index in [-0.39, 0.29) is 22.0 Å². The number of hydrogen-bond acceptors (Lipinski definition) is 6.